The number of hydrogen-bond donors (Lipinski definition) is 1. The zero-order chi connectivity index (χ0) is 15.4. The van der Waals surface area contributed by atoms with Crippen molar-refractivity contribution >= 4 is 23.4 Å². The Hall–Kier alpha value is -1.20. The molecular weight excluding hydrogens is 294 g/mol. The third-order valence-corrected chi connectivity index (χ3v) is 5.64. The Bertz CT molecular complexity index is 491. The van der Waals surface area contributed by atoms with Crippen molar-refractivity contribution in [3.8, 4) is 0 Å². The van der Waals surface area contributed by atoms with Crippen molar-refractivity contribution in [3.05, 3.63) is 29.8 Å². The van der Waals surface area contributed by atoms with Gasteiger partial charge in [0.2, 0.25) is 5.91 Å². The average molecular weight is 319 g/mol. The monoisotopic (exact) mass is 319 g/mol. The van der Waals surface area contributed by atoms with Gasteiger partial charge in [-0.3, -0.25) is 9.69 Å². The molecule has 0 aromatic heterocycles. The molecule has 2 saturated heterocycles. The van der Waals surface area contributed by atoms with Crippen LogP contribution >= 0.6 is 11.8 Å². The lowest BCUT2D eigenvalue weighted by atomic mass is 10.1. The standard InChI is InChI=1S/C17H25N3OS/c1-14(21)20-9-7-19(8-10-20)12-15-2-4-16(5-3-15)18-17-6-11-22-13-17/h2-5,17-18H,6-13H2,1H3. The van der Waals surface area contributed by atoms with Crippen LogP contribution in [-0.2, 0) is 11.3 Å². The van der Waals surface area contributed by atoms with Crippen molar-refractivity contribution in [2.45, 2.75) is 25.9 Å². The van der Waals surface area contributed by atoms with Gasteiger partial charge in [-0.15, -0.1) is 0 Å². The van der Waals surface area contributed by atoms with Crippen molar-refractivity contribution in [1.29, 1.82) is 0 Å². The van der Waals surface area contributed by atoms with Crippen molar-refractivity contribution in [2.24, 2.45) is 0 Å². The Morgan fingerprint density at radius 3 is 2.55 bits per heavy atom. The smallest absolute Gasteiger partial charge is 0.219 e. The van der Waals surface area contributed by atoms with E-state index < -0.39 is 0 Å². The molecule has 0 bridgehead atoms. The molecule has 2 heterocycles. The third-order valence-electron chi connectivity index (χ3n) is 4.48. The SMILES string of the molecule is CC(=O)N1CCN(Cc2ccc(NC3CCSC3)cc2)CC1. The summed E-state index contributed by atoms with van der Waals surface area (Å²) in [7, 11) is 0. The molecule has 1 aromatic carbocycles. The molecule has 3 rings (SSSR count). The molecule has 0 saturated carbocycles. The average Bonchev–Trinajstić information content (AvgIpc) is 3.03. The van der Waals surface area contributed by atoms with Crippen LogP contribution in [-0.4, -0.2) is 59.4 Å². The minimum Gasteiger partial charge on any atom is -0.381 e. The Morgan fingerprint density at radius 2 is 1.95 bits per heavy atom. The molecule has 1 atom stereocenters. The van der Waals surface area contributed by atoms with Crippen LogP contribution in [0, 0.1) is 0 Å². The van der Waals surface area contributed by atoms with Crippen LogP contribution in [0.3, 0.4) is 0 Å². The van der Waals surface area contributed by atoms with Crippen molar-refractivity contribution < 1.29 is 4.79 Å². The molecule has 1 N–H and O–H groups in total. The molecule has 0 spiro atoms. The second kappa shape index (κ2) is 7.38. The predicted molar refractivity (Wildman–Crippen MR) is 93.3 cm³/mol. The maximum Gasteiger partial charge on any atom is 0.219 e. The Kier molecular flexibility index (Phi) is 5.26. The highest BCUT2D eigenvalue weighted by Crippen LogP contribution is 2.21. The maximum absolute atomic E-state index is 11.3. The summed E-state index contributed by atoms with van der Waals surface area (Å²) >= 11 is 2.03. The van der Waals surface area contributed by atoms with Crippen LogP contribution in [0.15, 0.2) is 24.3 Å². The normalized spacial score (nSPS) is 22.8. The van der Waals surface area contributed by atoms with E-state index in [1.54, 1.807) is 6.92 Å². The van der Waals surface area contributed by atoms with Gasteiger partial charge in [-0.05, 0) is 29.9 Å². The van der Waals surface area contributed by atoms with Gasteiger partial charge in [0.1, 0.15) is 0 Å². The van der Waals surface area contributed by atoms with Gasteiger partial charge in [-0.25, -0.2) is 0 Å². The van der Waals surface area contributed by atoms with E-state index in [9.17, 15) is 4.79 Å². The quantitative estimate of drug-likeness (QED) is 0.923. The molecule has 5 heteroatoms. The van der Waals surface area contributed by atoms with E-state index in [0.717, 1.165) is 32.7 Å². The zero-order valence-electron chi connectivity index (χ0n) is 13.3. The third kappa shape index (κ3) is 4.17. The highest BCUT2D eigenvalue weighted by molar-refractivity contribution is 7.99. The Labute approximate surface area is 137 Å². The van der Waals surface area contributed by atoms with Crippen molar-refractivity contribution in [1.82, 2.24) is 9.80 Å². The summed E-state index contributed by atoms with van der Waals surface area (Å²) in [5, 5.41) is 3.61. The summed E-state index contributed by atoms with van der Waals surface area (Å²) in [6.45, 7) is 6.29. The molecule has 4 nitrogen and oxygen atoms in total. The van der Waals surface area contributed by atoms with E-state index in [4.69, 9.17) is 0 Å². The number of anilines is 1. The van der Waals surface area contributed by atoms with Crippen LogP contribution in [0.4, 0.5) is 5.69 Å². The molecule has 0 aliphatic carbocycles. The number of carbonyl (C=O) groups excluding carboxylic acids is 1. The lowest BCUT2D eigenvalue weighted by Gasteiger charge is -2.34. The molecule has 1 amide bonds. The lowest BCUT2D eigenvalue weighted by Crippen LogP contribution is -2.47. The number of nitrogens with one attached hydrogen (secondary N) is 1. The van der Waals surface area contributed by atoms with E-state index in [2.05, 4.69) is 34.5 Å². The first-order valence-electron chi connectivity index (χ1n) is 8.12. The van der Waals surface area contributed by atoms with Crippen LogP contribution in [0.5, 0.6) is 0 Å². The van der Waals surface area contributed by atoms with Gasteiger partial charge < -0.3 is 10.2 Å². The summed E-state index contributed by atoms with van der Waals surface area (Å²) in [6, 6.07) is 9.48. The van der Waals surface area contributed by atoms with Crippen molar-refractivity contribution in [2.75, 3.05) is 43.0 Å². The van der Waals surface area contributed by atoms with E-state index in [0.29, 0.717) is 6.04 Å². The highest BCUT2D eigenvalue weighted by atomic mass is 32.2. The number of carbonyl (C=O) groups is 1. The Balaban J connectivity index is 1.48. The number of benzene rings is 1. The molecule has 2 aliphatic rings. The van der Waals surface area contributed by atoms with Gasteiger partial charge in [0.05, 0.1) is 0 Å². The van der Waals surface area contributed by atoms with Crippen LogP contribution in [0.25, 0.3) is 0 Å². The van der Waals surface area contributed by atoms with Crippen LogP contribution < -0.4 is 5.32 Å². The summed E-state index contributed by atoms with van der Waals surface area (Å²) < 4.78 is 0. The van der Waals surface area contributed by atoms with Gasteiger partial charge in [-0.2, -0.15) is 11.8 Å². The minimum atomic E-state index is 0.195. The van der Waals surface area contributed by atoms with Gasteiger partial charge in [0, 0.05) is 57.1 Å². The topological polar surface area (TPSA) is 35.6 Å². The number of thioether (sulfide) groups is 1. The number of hydrogen-bond acceptors (Lipinski definition) is 4. The molecular formula is C17H25N3OS. The molecule has 2 aliphatic heterocycles. The van der Waals surface area contributed by atoms with E-state index in [-0.39, 0.29) is 5.91 Å². The molecule has 120 valence electrons. The summed E-state index contributed by atoms with van der Waals surface area (Å²) in [5.41, 5.74) is 2.58. The van der Waals surface area contributed by atoms with Gasteiger partial charge in [-0.1, -0.05) is 12.1 Å². The van der Waals surface area contributed by atoms with E-state index in [1.807, 2.05) is 16.7 Å². The lowest BCUT2D eigenvalue weighted by molar-refractivity contribution is -0.130. The first kappa shape index (κ1) is 15.7. The Morgan fingerprint density at radius 1 is 1.23 bits per heavy atom. The fraction of sp³-hybridized carbons (Fsp3) is 0.588. The molecule has 1 unspecified atom stereocenters. The molecule has 22 heavy (non-hydrogen) atoms. The summed E-state index contributed by atoms with van der Waals surface area (Å²) in [5.74, 6) is 2.70. The number of amides is 1. The van der Waals surface area contributed by atoms with E-state index in [1.165, 1.54) is 29.2 Å². The molecule has 1 aromatic rings. The largest absolute Gasteiger partial charge is 0.381 e. The van der Waals surface area contributed by atoms with Gasteiger partial charge >= 0.3 is 0 Å². The van der Waals surface area contributed by atoms with Gasteiger partial charge in [0.15, 0.2) is 0 Å². The number of piperazine rings is 1. The maximum atomic E-state index is 11.3. The first-order chi connectivity index (χ1) is 10.7. The number of rotatable bonds is 4. The first-order valence-corrected chi connectivity index (χ1v) is 9.27. The van der Waals surface area contributed by atoms with E-state index >= 15 is 0 Å². The fourth-order valence-electron chi connectivity index (χ4n) is 3.07. The van der Waals surface area contributed by atoms with Gasteiger partial charge in [0.25, 0.3) is 0 Å². The second-order valence-electron chi connectivity index (χ2n) is 6.18. The summed E-state index contributed by atoms with van der Waals surface area (Å²) in [4.78, 5) is 15.7. The molecule has 0 radical (unpaired) electrons. The fourth-order valence-corrected chi connectivity index (χ4v) is 4.22. The molecule has 2 fully saturated rings. The number of nitrogens with zero attached hydrogens (tertiary/aromatic N) is 2. The predicted octanol–water partition coefficient (Wildman–Crippen LogP) is 2.27. The van der Waals surface area contributed by atoms with Crippen LogP contribution in [0.1, 0.15) is 18.9 Å². The van der Waals surface area contributed by atoms with Crippen LogP contribution in [0.2, 0.25) is 0 Å². The van der Waals surface area contributed by atoms with Crippen molar-refractivity contribution in [3.63, 3.8) is 0 Å². The second-order valence-corrected chi connectivity index (χ2v) is 7.33. The zero-order valence-corrected chi connectivity index (χ0v) is 14.1. The highest BCUT2D eigenvalue weighted by Gasteiger charge is 2.18. The minimum absolute atomic E-state index is 0.195. The summed E-state index contributed by atoms with van der Waals surface area (Å²) in [6.07, 6.45) is 1.27.